The van der Waals surface area contributed by atoms with Gasteiger partial charge in [0.1, 0.15) is 12.4 Å². The van der Waals surface area contributed by atoms with Crippen molar-refractivity contribution in [3.8, 4) is 0 Å². The zero-order chi connectivity index (χ0) is 21.3. The molecule has 1 fully saturated rings. The van der Waals surface area contributed by atoms with Crippen molar-refractivity contribution in [2.24, 2.45) is 0 Å². The van der Waals surface area contributed by atoms with Crippen LogP contribution in [0.5, 0.6) is 0 Å². The van der Waals surface area contributed by atoms with Gasteiger partial charge in [-0.3, -0.25) is 4.79 Å². The van der Waals surface area contributed by atoms with Gasteiger partial charge in [-0.15, -0.1) is 0 Å². The molecule has 1 aliphatic heterocycles. The zero-order valence-electron chi connectivity index (χ0n) is 18.6. The van der Waals surface area contributed by atoms with Crippen molar-refractivity contribution < 1.29 is 4.79 Å². The number of fused-ring (bicyclic) bond motifs is 1. The highest BCUT2D eigenvalue weighted by Gasteiger charge is 2.25. The summed E-state index contributed by atoms with van der Waals surface area (Å²) in [6, 6.07) is 15.0. The van der Waals surface area contributed by atoms with Gasteiger partial charge in [0.05, 0.1) is 11.0 Å². The van der Waals surface area contributed by atoms with Gasteiger partial charge in [0.2, 0.25) is 5.91 Å². The van der Waals surface area contributed by atoms with Crippen molar-refractivity contribution in [1.29, 1.82) is 0 Å². The van der Waals surface area contributed by atoms with Crippen LogP contribution in [0.4, 0.5) is 0 Å². The van der Waals surface area contributed by atoms with Crippen LogP contribution in [0, 0.1) is 13.8 Å². The SMILES string of the molecule is Cc1cc2nc(Cc3ccccc3)n(CC(=O)N(C)C3CCN(C)CC3)c2cc1C. The van der Waals surface area contributed by atoms with Crippen LogP contribution in [0.25, 0.3) is 11.0 Å². The number of hydrogen-bond donors (Lipinski definition) is 0. The van der Waals surface area contributed by atoms with Crippen molar-refractivity contribution in [2.45, 2.75) is 45.7 Å². The molecule has 2 heterocycles. The minimum atomic E-state index is 0.163. The van der Waals surface area contributed by atoms with Crippen LogP contribution in [0.2, 0.25) is 0 Å². The predicted octanol–water partition coefficient (Wildman–Crippen LogP) is 3.80. The summed E-state index contributed by atoms with van der Waals surface area (Å²) in [4.78, 5) is 22.5. The van der Waals surface area contributed by atoms with Crippen molar-refractivity contribution in [3.63, 3.8) is 0 Å². The third-order valence-electron chi connectivity index (χ3n) is 6.57. The molecule has 0 unspecified atom stereocenters. The minimum absolute atomic E-state index is 0.163. The normalized spacial score (nSPS) is 15.6. The van der Waals surface area contributed by atoms with E-state index < -0.39 is 0 Å². The Kier molecular flexibility index (Phi) is 5.91. The maximum absolute atomic E-state index is 13.3. The first-order chi connectivity index (χ1) is 14.4. The summed E-state index contributed by atoms with van der Waals surface area (Å²) in [5, 5.41) is 0. The topological polar surface area (TPSA) is 41.4 Å². The Morgan fingerprint density at radius 2 is 1.77 bits per heavy atom. The molecule has 0 spiro atoms. The molecule has 158 valence electrons. The quantitative estimate of drug-likeness (QED) is 0.650. The number of aryl methyl sites for hydroxylation is 2. The molecule has 1 saturated heterocycles. The van der Waals surface area contributed by atoms with Crippen LogP contribution >= 0.6 is 0 Å². The summed E-state index contributed by atoms with van der Waals surface area (Å²) in [5.74, 6) is 1.11. The smallest absolute Gasteiger partial charge is 0.242 e. The molecule has 30 heavy (non-hydrogen) atoms. The van der Waals surface area contributed by atoms with Gasteiger partial charge in [-0.25, -0.2) is 4.98 Å². The Bertz CT molecular complexity index is 1030. The third kappa shape index (κ3) is 4.26. The summed E-state index contributed by atoms with van der Waals surface area (Å²) in [5.41, 5.74) is 5.69. The van der Waals surface area contributed by atoms with E-state index in [2.05, 4.69) is 66.8 Å². The van der Waals surface area contributed by atoms with Crippen LogP contribution in [0.15, 0.2) is 42.5 Å². The number of carbonyl (C=O) groups excluding carboxylic acids is 1. The van der Waals surface area contributed by atoms with Gasteiger partial charge in [-0.2, -0.15) is 0 Å². The lowest BCUT2D eigenvalue weighted by atomic mass is 10.0. The summed E-state index contributed by atoms with van der Waals surface area (Å²) < 4.78 is 2.13. The highest BCUT2D eigenvalue weighted by Crippen LogP contribution is 2.23. The Morgan fingerprint density at radius 1 is 1.10 bits per heavy atom. The van der Waals surface area contributed by atoms with E-state index in [1.54, 1.807) is 0 Å². The van der Waals surface area contributed by atoms with Crippen molar-refractivity contribution >= 4 is 16.9 Å². The largest absolute Gasteiger partial charge is 0.341 e. The average Bonchev–Trinajstić information content (AvgIpc) is 3.05. The van der Waals surface area contributed by atoms with E-state index in [-0.39, 0.29) is 5.91 Å². The number of rotatable bonds is 5. The summed E-state index contributed by atoms with van der Waals surface area (Å²) in [6.07, 6.45) is 2.80. The molecule has 4 rings (SSSR count). The van der Waals surface area contributed by atoms with E-state index in [0.29, 0.717) is 12.6 Å². The summed E-state index contributed by atoms with van der Waals surface area (Å²) in [7, 11) is 4.11. The van der Waals surface area contributed by atoms with Gasteiger partial charge in [0, 0.05) is 19.5 Å². The Labute approximate surface area is 179 Å². The monoisotopic (exact) mass is 404 g/mol. The molecule has 1 amide bonds. The highest BCUT2D eigenvalue weighted by atomic mass is 16.2. The van der Waals surface area contributed by atoms with Crippen LogP contribution in [0.1, 0.15) is 35.4 Å². The zero-order valence-corrected chi connectivity index (χ0v) is 18.6. The molecule has 0 aliphatic carbocycles. The van der Waals surface area contributed by atoms with E-state index >= 15 is 0 Å². The lowest BCUT2D eigenvalue weighted by Gasteiger charge is -2.35. The fourth-order valence-electron chi connectivity index (χ4n) is 4.35. The maximum Gasteiger partial charge on any atom is 0.242 e. The van der Waals surface area contributed by atoms with Gasteiger partial charge >= 0.3 is 0 Å². The first-order valence-corrected chi connectivity index (χ1v) is 10.9. The molecular weight excluding hydrogens is 372 g/mol. The van der Waals surface area contributed by atoms with E-state index in [9.17, 15) is 4.79 Å². The Morgan fingerprint density at radius 3 is 2.47 bits per heavy atom. The van der Waals surface area contributed by atoms with Gasteiger partial charge in [-0.1, -0.05) is 30.3 Å². The van der Waals surface area contributed by atoms with Crippen LogP contribution in [-0.2, 0) is 17.8 Å². The standard InChI is InChI=1S/C25H32N4O/c1-18-14-22-23(15-19(18)2)29(24(26-22)16-20-8-6-5-7-9-20)17-25(30)28(4)21-10-12-27(3)13-11-21/h5-9,14-15,21H,10-13,16-17H2,1-4H3. The molecule has 2 aromatic carbocycles. The Balaban J connectivity index is 1.64. The van der Waals surface area contributed by atoms with Crippen molar-refractivity contribution in [2.75, 3.05) is 27.2 Å². The highest BCUT2D eigenvalue weighted by molar-refractivity contribution is 5.82. The molecule has 5 nitrogen and oxygen atoms in total. The van der Waals surface area contributed by atoms with E-state index in [1.807, 2.05) is 18.0 Å². The number of likely N-dealkylation sites (N-methyl/N-ethyl adjacent to an activating group) is 1. The fourth-order valence-corrected chi connectivity index (χ4v) is 4.35. The maximum atomic E-state index is 13.3. The second-order valence-electron chi connectivity index (χ2n) is 8.74. The van der Waals surface area contributed by atoms with Crippen molar-refractivity contribution in [3.05, 3.63) is 65.0 Å². The lowest BCUT2D eigenvalue weighted by molar-refractivity contribution is -0.133. The van der Waals surface area contributed by atoms with E-state index in [1.165, 1.54) is 16.7 Å². The number of amides is 1. The molecule has 0 radical (unpaired) electrons. The van der Waals surface area contributed by atoms with Gasteiger partial charge in [0.15, 0.2) is 0 Å². The lowest BCUT2D eigenvalue weighted by Crippen LogP contribution is -2.45. The van der Waals surface area contributed by atoms with Gasteiger partial charge < -0.3 is 14.4 Å². The summed E-state index contributed by atoms with van der Waals surface area (Å²) in [6.45, 7) is 6.67. The molecule has 1 aliphatic rings. The molecule has 0 saturated carbocycles. The number of piperidine rings is 1. The van der Waals surface area contributed by atoms with Crippen LogP contribution in [0.3, 0.4) is 0 Å². The fraction of sp³-hybridized carbons (Fsp3) is 0.440. The second-order valence-corrected chi connectivity index (χ2v) is 8.74. The molecule has 0 N–H and O–H groups in total. The predicted molar refractivity (Wildman–Crippen MR) is 122 cm³/mol. The average molecular weight is 405 g/mol. The minimum Gasteiger partial charge on any atom is -0.341 e. The van der Waals surface area contributed by atoms with Crippen molar-refractivity contribution in [1.82, 2.24) is 19.4 Å². The number of benzene rings is 2. The number of likely N-dealkylation sites (tertiary alicyclic amines) is 1. The van der Waals surface area contributed by atoms with E-state index in [0.717, 1.165) is 49.2 Å². The molecule has 0 atom stereocenters. The van der Waals surface area contributed by atoms with Gasteiger partial charge in [0.25, 0.3) is 0 Å². The number of nitrogens with zero attached hydrogens (tertiary/aromatic N) is 4. The number of imidazole rings is 1. The van der Waals surface area contributed by atoms with Gasteiger partial charge in [-0.05, 0) is 75.6 Å². The molecular formula is C25H32N4O. The van der Waals surface area contributed by atoms with E-state index in [4.69, 9.17) is 4.98 Å². The second kappa shape index (κ2) is 8.60. The number of carbonyl (C=O) groups is 1. The molecule has 5 heteroatoms. The number of hydrogen-bond acceptors (Lipinski definition) is 3. The van der Waals surface area contributed by atoms with Crippen LogP contribution in [-0.4, -0.2) is 58.5 Å². The molecule has 1 aromatic heterocycles. The number of aromatic nitrogens is 2. The third-order valence-corrected chi connectivity index (χ3v) is 6.57. The first kappa shape index (κ1) is 20.6. The molecule has 0 bridgehead atoms. The first-order valence-electron chi connectivity index (χ1n) is 10.9. The van der Waals surface area contributed by atoms with Crippen LogP contribution < -0.4 is 0 Å². The summed E-state index contributed by atoms with van der Waals surface area (Å²) >= 11 is 0. The Hall–Kier alpha value is -2.66. The molecule has 3 aromatic rings.